The van der Waals surface area contributed by atoms with E-state index in [9.17, 15) is 0 Å². The zero-order valence-electron chi connectivity index (χ0n) is 11.9. The summed E-state index contributed by atoms with van der Waals surface area (Å²) in [5.41, 5.74) is 2.46. The topological polar surface area (TPSA) is 21.3 Å². The number of hydrogen-bond donors (Lipinski definition) is 1. The van der Waals surface area contributed by atoms with E-state index in [0.717, 1.165) is 17.6 Å². The first kappa shape index (κ1) is 12.7. The number of benzene rings is 1. The summed E-state index contributed by atoms with van der Waals surface area (Å²) in [4.78, 5) is 0. The van der Waals surface area contributed by atoms with Gasteiger partial charge in [-0.3, -0.25) is 0 Å². The number of ether oxygens (including phenoxy) is 1. The van der Waals surface area contributed by atoms with E-state index >= 15 is 0 Å². The van der Waals surface area contributed by atoms with Crippen molar-refractivity contribution in [3.63, 3.8) is 0 Å². The summed E-state index contributed by atoms with van der Waals surface area (Å²) in [6, 6.07) is 6.89. The first-order valence-electron chi connectivity index (χ1n) is 7.34. The fraction of sp³-hybridized carbons (Fsp3) is 0.529. The second kappa shape index (κ2) is 5.38. The Balaban J connectivity index is 1.77. The quantitative estimate of drug-likeness (QED) is 0.896. The van der Waals surface area contributed by atoms with E-state index in [2.05, 4.69) is 42.6 Å². The molecule has 1 aromatic carbocycles. The maximum Gasteiger partial charge on any atom is 0.126 e. The van der Waals surface area contributed by atoms with Crippen LogP contribution >= 0.6 is 0 Å². The molecule has 2 fully saturated rings. The SMILES string of the molecule is COc1ccc(C)cc1/C=C/C1NCC2CCCC21. The van der Waals surface area contributed by atoms with Gasteiger partial charge >= 0.3 is 0 Å². The van der Waals surface area contributed by atoms with Gasteiger partial charge in [-0.05, 0) is 50.3 Å². The smallest absolute Gasteiger partial charge is 0.126 e. The van der Waals surface area contributed by atoms with E-state index in [-0.39, 0.29) is 0 Å². The van der Waals surface area contributed by atoms with Crippen LogP contribution in [0.1, 0.15) is 30.4 Å². The van der Waals surface area contributed by atoms with Crippen molar-refractivity contribution in [3.8, 4) is 5.75 Å². The molecule has 0 radical (unpaired) electrons. The molecule has 1 aliphatic carbocycles. The van der Waals surface area contributed by atoms with Gasteiger partial charge in [-0.15, -0.1) is 0 Å². The van der Waals surface area contributed by atoms with Gasteiger partial charge in [-0.25, -0.2) is 0 Å². The summed E-state index contributed by atoms with van der Waals surface area (Å²) in [5, 5.41) is 3.65. The molecule has 1 aromatic rings. The lowest BCUT2D eigenvalue weighted by Gasteiger charge is -2.14. The van der Waals surface area contributed by atoms with Gasteiger partial charge in [0.2, 0.25) is 0 Å². The van der Waals surface area contributed by atoms with Crippen LogP contribution in [-0.4, -0.2) is 19.7 Å². The third kappa shape index (κ3) is 2.55. The van der Waals surface area contributed by atoms with E-state index in [1.54, 1.807) is 7.11 Å². The van der Waals surface area contributed by atoms with Gasteiger partial charge in [0.1, 0.15) is 5.75 Å². The molecule has 2 heteroatoms. The highest BCUT2D eigenvalue weighted by molar-refractivity contribution is 5.59. The van der Waals surface area contributed by atoms with Crippen molar-refractivity contribution in [1.29, 1.82) is 0 Å². The molecule has 1 aliphatic heterocycles. The summed E-state index contributed by atoms with van der Waals surface area (Å²) in [6.45, 7) is 3.32. The number of rotatable bonds is 3. The zero-order valence-corrected chi connectivity index (χ0v) is 11.9. The third-order valence-corrected chi connectivity index (χ3v) is 4.66. The van der Waals surface area contributed by atoms with Crippen LogP contribution in [0.2, 0.25) is 0 Å². The van der Waals surface area contributed by atoms with Gasteiger partial charge in [0.15, 0.2) is 0 Å². The van der Waals surface area contributed by atoms with E-state index in [1.165, 1.54) is 36.9 Å². The van der Waals surface area contributed by atoms with Crippen LogP contribution in [0.15, 0.2) is 24.3 Å². The van der Waals surface area contributed by atoms with Crippen LogP contribution in [0.4, 0.5) is 0 Å². The average Bonchev–Trinajstić information content (AvgIpc) is 3.00. The van der Waals surface area contributed by atoms with Crippen molar-refractivity contribution in [2.24, 2.45) is 11.8 Å². The molecule has 0 amide bonds. The van der Waals surface area contributed by atoms with Crippen LogP contribution < -0.4 is 10.1 Å². The van der Waals surface area contributed by atoms with E-state index < -0.39 is 0 Å². The molecule has 0 spiro atoms. The highest BCUT2D eigenvalue weighted by Crippen LogP contribution is 2.38. The number of methoxy groups -OCH3 is 1. The molecule has 3 atom stereocenters. The van der Waals surface area contributed by atoms with Gasteiger partial charge in [0.05, 0.1) is 7.11 Å². The Morgan fingerprint density at radius 3 is 3.05 bits per heavy atom. The van der Waals surface area contributed by atoms with Crippen molar-refractivity contribution in [2.75, 3.05) is 13.7 Å². The maximum absolute atomic E-state index is 5.43. The van der Waals surface area contributed by atoms with Crippen molar-refractivity contribution in [3.05, 3.63) is 35.4 Å². The van der Waals surface area contributed by atoms with Gasteiger partial charge in [0, 0.05) is 11.6 Å². The largest absolute Gasteiger partial charge is 0.496 e. The monoisotopic (exact) mass is 257 g/mol. The molecule has 1 saturated heterocycles. The fourth-order valence-corrected chi connectivity index (χ4v) is 3.63. The number of hydrogen-bond acceptors (Lipinski definition) is 2. The first-order valence-corrected chi connectivity index (χ1v) is 7.34. The molecule has 3 unspecified atom stereocenters. The Morgan fingerprint density at radius 1 is 1.32 bits per heavy atom. The average molecular weight is 257 g/mol. The summed E-state index contributed by atoms with van der Waals surface area (Å²) in [5.74, 6) is 2.73. The maximum atomic E-state index is 5.43. The molecule has 1 saturated carbocycles. The molecular formula is C17H23NO. The van der Waals surface area contributed by atoms with Crippen molar-refractivity contribution < 1.29 is 4.74 Å². The summed E-state index contributed by atoms with van der Waals surface area (Å²) >= 11 is 0. The fourth-order valence-electron chi connectivity index (χ4n) is 3.63. The highest BCUT2D eigenvalue weighted by Gasteiger charge is 2.37. The molecule has 0 aromatic heterocycles. The molecule has 2 nitrogen and oxygen atoms in total. The van der Waals surface area contributed by atoms with Gasteiger partial charge in [0.25, 0.3) is 0 Å². The number of aryl methyl sites for hydroxylation is 1. The summed E-state index contributed by atoms with van der Waals surface area (Å²) in [6.07, 6.45) is 8.78. The Kier molecular flexibility index (Phi) is 3.61. The van der Waals surface area contributed by atoms with Crippen LogP contribution in [0.5, 0.6) is 5.75 Å². The number of nitrogens with one attached hydrogen (secondary N) is 1. The molecular weight excluding hydrogens is 234 g/mol. The van der Waals surface area contributed by atoms with Crippen LogP contribution in [0.25, 0.3) is 6.08 Å². The van der Waals surface area contributed by atoms with Gasteiger partial charge in [-0.1, -0.05) is 30.2 Å². The highest BCUT2D eigenvalue weighted by atomic mass is 16.5. The predicted molar refractivity (Wildman–Crippen MR) is 79.4 cm³/mol. The second-order valence-electron chi connectivity index (χ2n) is 5.89. The Morgan fingerprint density at radius 2 is 2.21 bits per heavy atom. The molecule has 1 heterocycles. The van der Waals surface area contributed by atoms with Crippen LogP contribution in [0, 0.1) is 18.8 Å². The minimum Gasteiger partial charge on any atom is -0.496 e. The predicted octanol–water partition coefficient (Wildman–Crippen LogP) is 3.40. The number of fused-ring (bicyclic) bond motifs is 1. The van der Waals surface area contributed by atoms with Crippen molar-refractivity contribution >= 4 is 6.08 Å². The molecule has 3 rings (SSSR count). The van der Waals surface area contributed by atoms with Crippen molar-refractivity contribution in [1.82, 2.24) is 5.32 Å². The standard InChI is InChI=1S/C17H23NO/c1-12-6-9-17(19-2)13(10-12)7-8-16-15-5-3-4-14(15)11-18-16/h6-10,14-16,18H,3-5,11H2,1-2H3/b8-7+. The van der Waals surface area contributed by atoms with Crippen LogP contribution in [-0.2, 0) is 0 Å². The molecule has 2 aliphatic rings. The minimum atomic E-state index is 0.553. The summed E-state index contributed by atoms with van der Waals surface area (Å²) < 4.78 is 5.43. The van der Waals surface area contributed by atoms with Gasteiger partial charge < -0.3 is 10.1 Å². The Hall–Kier alpha value is -1.28. The lowest BCUT2D eigenvalue weighted by atomic mass is 9.93. The van der Waals surface area contributed by atoms with E-state index in [1.807, 2.05) is 0 Å². The van der Waals surface area contributed by atoms with Crippen molar-refractivity contribution in [2.45, 2.75) is 32.2 Å². The normalized spacial score (nSPS) is 29.9. The Labute approximate surface area is 115 Å². The first-order chi connectivity index (χ1) is 9.28. The van der Waals surface area contributed by atoms with E-state index in [0.29, 0.717) is 6.04 Å². The molecule has 1 N–H and O–H groups in total. The van der Waals surface area contributed by atoms with E-state index in [4.69, 9.17) is 4.74 Å². The molecule has 0 bridgehead atoms. The van der Waals surface area contributed by atoms with Gasteiger partial charge in [-0.2, -0.15) is 0 Å². The summed E-state index contributed by atoms with van der Waals surface area (Å²) in [7, 11) is 1.74. The molecule has 102 valence electrons. The lowest BCUT2D eigenvalue weighted by molar-refractivity contribution is 0.413. The molecule has 19 heavy (non-hydrogen) atoms. The minimum absolute atomic E-state index is 0.553. The Bertz CT molecular complexity index is 480. The third-order valence-electron chi connectivity index (χ3n) is 4.66. The van der Waals surface area contributed by atoms with Crippen LogP contribution in [0.3, 0.4) is 0 Å². The zero-order chi connectivity index (χ0) is 13.2. The lowest BCUT2D eigenvalue weighted by Crippen LogP contribution is -2.23. The second-order valence-corrected chi connectivity index (χ2v) is 5.89.